The second-order valence-electron chi connectivity index (χ2n) is 2.80. The van der Waals surface area contributed by atoms with Crippen LogP contribution in [-0.2, 0) is 6.54 Å². The minimum atomic E-state index is 0.744. The highest BCUT2D eigenvalue weighted by Gasteiger charge is 1.85. The lowest BCUT2D eigenvalue weighted by Gasteiger charge is -1.93. The number of benzene rings is 1. The summed E-state index contributed by atoms with van der Waals surface area (Å²) < 4.78 is 0. The SMILES string of the molecule is C=C(C)/C=N/Cc1ccccc1. The predicted octanol–water partition coefficient (Wildman–Crippen LogP) is 2.83. The van der Waals surface area contributed by atoms with Gasteiger partial charge in [-0.2, -0.15) is 0 Å². The van der Waals surface area contributed by atoms with Crippen LogP contribution in [0.5, 0.6) is 0 Å². The molecule has 0 spiro atoms. The van der Waals surface area contributed by atoms with Gasteiger partial charge in [0, 0.05) is 6.21 Å². The van der Waals surface area contributed by atoms with Crippen LogP contribution in [0.4, 0.5) is 0 Å². The highest BCUT2D eigenvalue weighted by Crippen LogP contribution is 1.99. The van der Waals surface area contributed by atoms with Crippen LogP contribution < -0.4 is 0 Å². The molecule has 0 saturated carbocycles. The second kappa shape index (κ2) is 4.50. The van der Waals surface area contributed by atoms with E-state index in [1.54, 1.807) is 6.21 Å². The smallest absolute Gasteiger partial charge is 0.0639 e. The van der Waals surface area contributed by atoms with Gasteiger partial charge in [0.15, 0.2) is 0 Å². The molecule has 0 aliphatic heterocycles. The minimum Gasteiger partial charge on any atom is -0.288 e. The fourth-order valence-electron chi connectivity index (χ4n) is 0.890. The topological polar surface area (TPSA) is 12.4 Å². The van der Waals surface area contributed by atoms with Crippen molar-refractivity contribution in [3.8, 4) is 0 Å². The van der Waals surface area contributed by atoms with Crippen LogP contribution in [0.25, 0.3) is 0 Å². The Morgan fingerprint density at radius 1 is 1.42 bits per heavy atom. The molecular formula is C11H13N. The molecule has 1 aromatic rings. The van der Waals surface area contributed by atoms with Crippen molar-refractivity contribution in [1.29, 1.82) is 0 Å². The molecular weight excluding hydrogens is 146 g/mol. The molecule has 0 N–H and O–H groups in total. The summed E-state index contributed by atoms with van der Waals surface area (Å²) in [7, 11) is 0. The summed E-state index contributed by atoms with van der Waals surface area (Å²) in [4.78, 5) is 4.22. The molecule has 62 valence electrons. The van der Waals surface area contributed by atoms with E-state index in [9.17, 15) is 0 Å². The van der Waals surface area contributed by atoms with Crippen molar-refractivity contribution in [2.45, 2.75) is 13.5 Å². The standard InChI is InChI=1S/C11H13N/c1-10(2)8-12-9-11-6-4-3-5-7-11/h3-8H,1,9H2,2H3/b12-8+. The van der Waals surface area contributed by atoms with Crippen molar-refractivity contribution in [1.82, 2.24) is 0 Å². The van der Waals surface area contributed by atoms with Crippen molar-refractivity contribution >= 4 is 6.21 Å². The van der Waals surface area contributed by atoms with Crippen LogP contribution in [0, 0.1) is 0 Å². The molecule has 0 amide bonds. The predicted molar refractivity (Wildman–Crippen MR) is 53.5 cm³/mol. The molecule has 0 unspecified atom stereocenters. The van der Waals surface area contributed by atoms with Crippen molar-refractivity contribution < 1.29 is 0 Å². The molecule has 0 fully saturated rings. The quantitative estimate of drug-likeness (QED) is 0.601. The Morgan fingerprint density at radius 3 is 2.67 bits per heavy atom. The van der Waals surface area contributed by atoms with Crippen molar-refractivity contribution in [2.75, 3.05) is 0 Å². The minimum absolute atomic E-state index is 0.744. The average molecular weight is 159 g/mol. The fourth-order valence-corrected chi connectivity index (χ4v) is 0.890. The molecule has 1 aromatic carbocycles. The van der Waals surface area contributed by atoms with Crippen molar-refractivity contribution in [2.24, 2.45) is 4.99 Å². The van der Waals surface area contributed by atoms with E-state index in [1.807, 2.05) is 25.1 Å². The molecule has 0 heterocycles. The molecule has 0 aliphatic rings. The third-order valence-corrected chi connectivity index (χ3v) is 1.43. The first-order valence-electron chi connectivity index (χ1n) is 3.98. The highest BCUT2D eigenvalue weighted by atomic mass is 14.7. The van der Waals surface area contributed by atoms with Gasteiger partial charge in [-0.25, -0.2) is 0 Å². The zero-order valence-electron chi connectivity index (χ0n) is 7.33. The van der Waals surface area contributed by atoms with Crippen molar-refractivity contribution in [3.63, 3.8) is 0 Å². The Balaban J connectivity index is 2.49. The summed E-state index contributed by atoms with van der Waals surface area (Å²) in [5.41, 5.74) is 2.22. The van der Waals surface area contributed by atoms with Gasteiger partial charge in [-0.05, 0) is 18.1 Å². The summed E-state index contributed by atoms with van der Waals surface area (Å²) in [5, 5.41) is 0. The number of hydrogen-bond donors (Lipinski definition) is 0. The van der Waals surface area contributed by atoms with Gasteiger partial charge in [0.1, 0.15) is 0 Å². The van der Waals surface area contributed by atoms with Crippen LogP contribution in [0.1, 0.15) is 12.5 Å². The third kappa shape index (κ3) is 3.15. The third-order valence-electron chi connectivity index (χ3n) is 1.43. The van der Waals surface area contributed by atoms with Gasteiger partial charge in [-0.1, -0.05) is 36.9 Å². The van der Waals surface area contributed by atoms with E-state index in [4.69, 9.17) is 0 Å². The fraction of sp³-hybridized carbons (Fsp3) is 0.182. The van der Waals surface area contributed by atoms with E-state index in [2.05, 4.69) is 23.7 Å². The summed E-state index contributed by atoms with van der Waals surface area (Å²) >= 11 is 0. The number of nitrogens with zero attached hydrogens (tertiary/aromatic N) is 1. The first kappa shape index (κ1) is 8.72. The monoisotopic (exact) mass is 159 g/mol. The lowest BCUT2D eigenvalue weighted by Crippen LogP contribution is -1.81. The molecule has 1 rings (SSSR count). The molecule has 1 nitrogen and oxygen atoms in total. The summed E-state index contributed by atoms with van der Waals surface area (Å²) in [6.07, 6.45) is 1.80. The van der Waals surface area contributed by atoms with Gasteiger partial charge in [0.25, 0.3) is 0 Å². The first-order valence-corrected chi connectivity index (χ1v) is 3.98. The molecule has 0 atom stereocenters. The van der Waals surface area contributed by atoms with Gasteiger partial charge in [-0.15, -0.1) is 0 Å². The van der Waals surface area contributed by atoms with E-state index >= 15 is 0 Å². The van der Waals surface area contributed by atoms with Crippen molar-refractivity contribution in [3.05, 3.63) is 48.0 Å². The van der Waals surface area contributed by atoms with Gasteiger partial charge < -0.3 is 0 Å². The molecule has 0 aromatic heterocycles. The summed E-state index contributed by atoms with van der Waals surface area (Å²) in [6, 6.07) is 10.2. The van der Waals surface area contributed by atoms with Gasteiger partial charge >= 0.3 is 0 Å². The molecule has 1 heteroatoms. The van der Waals surface area contributed by atoms with Crippen LogP contribution in [0.15, 0.2) is 47.5 Å². The average Bonchev–Trinajstić information content (AvgIpc) is 2.05. The molecule has 0 aliphatic carbocycles. The highest BCUT2D eigenvalue weighted by molar-refractivity contribution is 5.76. The Bertz CT molecular complexity index is 272. The number of allylic oxidation sites excluding steroid dienone is 1. The van der Waals surface area contributed by atoms with Crippen LogP contribution >= 0.6 is 0 Å². The van der Waals surface area contributed by atoms with Gasteiger partial charge in [0.05, 0.1) is 6.54 Å². The largest absolute Gasteiger partial charge is 0.288 e. The van der Waals surface area contributed by atoms with Crippen LogP contribution in [-0.4, -0.2) is 6.21 Å². The van der Waals surface area contributed by atoms with Gasteiger partial charge in [0.2, 0.25) is 0 Å². The maximum Gasteiger partial charge on any atom is 0.0639 e. The van der Waals surface area contributed by atoms with Crippen LogP contribution in [0.2, 0.25) is 0 Å². The summed E-state index contributed by atoms with van der Waals surface area (Å²) in [6.45, 7) is 6.42. The summed E-state index contributed by atoms with van der Waals surface area (Å²) in [5.74, 6) is 0. The molecule has 0 saturated heterocycles. The normalized spacial score (nSPS) is 10.4. The maximum atomic E-state index is 4.22. The number of aliphatic imine (C=N–C) groups is 1. The maximum absolute atomic E-state index is 4.22. The zero-order valence-corrected chi connectivity index (χ0v) is 7.33. The van der Waals surface area contributed by atoms with E-state index in [0.29, 0.717) is 0 Å². The van der Waals surface area contributed by atoms with Crippen LogP contribution in [0.3, 0.4) is 0 Å². The lowest BCUT2D eigenvalue weighted by atomic mass is 10.2. The molecule has 0 radical (unpaired) electrons. The van der Waals surface area contributed by atoms with E-state index in [1.165, 1.54) is 5.56 Å². The Kier molecular flexibility index (Phi) is 3.27. The molecule has 12 heavy (non-hydrogen) atoms. The molecule has 0 bridgehead atoms. The van der Waals surface area contributed by atoms with E-state index in [-0.39, 0.29) is 0 Å². The van der Waals surface area contributed by atoms with E-state index in [0.717, 1.165) is 12.1 Å². The number of rotatable bonds is 3. The Hall–Kier alpha value is -1.37. The number of hydrogen-bond acceptors (Lipinski definition) is 1. The Labute approximate surface area is 73.5 Å². The second-order valence-corrected chi connectivity index (χ2v) is 2.80. The first-order chi connectivity index (χ1) is 5.79. The Morgan fingerprint density at radius 2 is 2.08 bits per heavy atom. The zero-order chi connectivity index (χ0) is 8.81. The van der Waals surface area contributed by atoms with E-state index < -0.39 is 0 Å². The van der Waals surface area contributed by atoms with Gasteiger partial charge in [-0.3, -0.25) is 4.99 Å². The lowest BCUT2D eigenvalue weighted by molar-refractivity contribution is 1.08.